The summed E-state index contributed by atoms with van der Waals surface area (Å²) in [6, 6.07) is 16.3. The van der Waals surface area contributed by atoms with Crippen molar-refractivity contribution < 1.29 is 9.90 Å². The van der Waals surface area contributed by atoms with Crippen molar-refractivity contribution in [3.63, 3.8) is 0 Å². The number of rotatable bonds is 3. The number of halogens is 1. The van der Waals surface area contributed by atoms with Crippen molar-refractivity contribution in [2.24, 2.45) is 0 Å². The fraction of sp³-hybridized carbons (Fsp3) is 0.200. The van der Waals surface area contributed by atoms with Gasteiger partial charge in [0.25, 0.3) is 5.91 Å². The Hall–Kier alpha value is -2.79. The largest absolute Gasteiger partial charge is 0.508 e. The van der Waals surface area contributed by atoms with Crippen LogP contribution in [-0.2, 0) is 6.54 Å². The molecule has 3 aromatic rings. The maximum absolute atomic E-state index is 12.9. The highest BCUT2D eigenvalue weighted by Gasteiger charge is 2.30. The Balaban J connectivity index is 1.63. The SMILES string of the molecule is C[C@H]1CN(Cc2ccc(O)cc2)C(=O)c2cc(-c3ccc(Cl)cc3)nn21. The number of nitrogens with zero attached hydrogens (tertiary/aromatic N) is 3. The second kappa shape index (κ2) is 6.50. The number of fused-ring (bicyclic) bond motifs is 1. The maximum atomic E-state index is 12.9. The average Bonchev–Trinajstić information content (AvgIpc) is 3.08. The molecule has 4 rings (SSSR count). The van der Waals surface area contributed by atoms with E-state index in [-0.39, 0.29) is 17.7 Å². The van der Waals surface area contributed by atoms with E-state index in [2.05, 4.69) is 12.0 Å². The van der Waals surface area contributed by atoms with Crippen molar-refractivity contribution >= 4 is 17.5 Å². The smallest absolute Gasteiger partial charge is 0.272 e. The van der Waals surface area contributed by atoms with Gasteiger partial charge < -0.3 is 10.0 Å². The van der Waals surface area contributed by atoms with Crippen LogP contribution in [0.5, 0.6) is 5.75 Å². The molecule has 1 aromatic heterocycles. The second-order valence-electron chi connectivity index (χ2n) is 6.57. The van der Waals surface area contributed by atoms with Gasteiger partial charge in [0.15, 0.2) is 0 Å². The molecule has 2 heterocycles. The summed E-state index contributed by atoms with van der Waals surface area (Å²) in [7, 11) is 0. The van der Waals surface area contributed by atoms with Crippen molar-refractivity contribution in [2.45, 2.75) is 19.5 Å². The zero-order valence-electron chi connectivity index (χ0n) is 14.3. The number of phenolic OH excluding ortho intramolecular Hbond substituents is 1. The lowest BCUT2D eigenvalue weighted by molar-refractivity contribution is 0.0651. The van der Waals surface area contributed by atoms with Crippen LogP contribution in [0.15, 0.2) is 54.6 Å². The molecule has 2 aromatic carbocycles. The number of carbonyl (C=O) groups is 1. The van der Waals surface area contributed by atoms with E-state index < -0.39 is 0 Å². The third-order valence-electron chi connectivity index (χ3n) is 4.59. The first-order valence-electron chi connectivity index (χ1n) is 8.44. The fourth-order valence-electron chi connectivity index (χ4n) is 3.25. The summed E-state index contributed by atoms with van der Waals surface area (Å²) in [5, 5.41) is 14.7. The Morgan fingerprint density at radius 2 is 1.85 bits per heavy atom. The van der Waals surface area contributed by atoms with E-state index in [0.717, 1.165) is 16.8 Å². The fourth-order valence-corrected chi connectivity index (χ4v) is 3.38. The van der Waals surface area contributed by atoms with E-state index in [9.17, 15) is 9.90 Å². The van der Waals surface area contributed by atoms with Crippen LogP contribution >= 0.6 is 11.6 Å². The topological polar surface area (TPSA) is 58.4 Å². The average molecular weight is 368 g/mol. The van der Waals surface area contributed by atoms with Crippen molar-refractivity contribution in [2.75, 3.05) is 6.54 Å². The molecule has 1 amide bonds. The molecule has 132 valence electrons. The van der Waals surface area contributed by atoms with Gasteiger partial charge >= 0.3 is 0 Å². The quantitative estimate of drug-likeness (QED) is 0.757. The van der Waals surface area contributed by atoms with Gasteiger partial charge in [-0.2, -0.15) is 5.10 Å². The van der Waals surface area contributed by atoms with Crippen LogP contribution < -0.4 is 0 Å². The molecular formula is C20H18ClN3O2. The standard InChI is InChI=1S/C20H18ClN3O2/c1-13-11-23(12-14-2-8-17(25)9-3-14)20(26)19-10-18(22-24(13)19)15-4-6-16(21)7-5-15/h2-10,13,25H,11-12H2,1H3/t13-/m0/s1. The maximum Gasteiger partial charge on any atom is 0.272 e. The molecule has 0 saturated carbocycles. The number of aromatic nitrogens is 2. The minimum absolute atomic E-state index is 0.0381. The second-order valence-corrected chi connectivity index (χ2v) is 7.00. The summed E-state index contributed by atoms with van der Waals surface area (Å²) in [6.45, 7) is 3.15. The first kappa shape index (κ1) is 16.7. The summed E-state index contributed by atoms with van der Waals surface area (Å²) < 4.78 is 1.81. The van der Waals surface area contributed by atoms with Crippen LogP contribution in [0.4, 0.5) is 0 Å². The molecule has 1 atom stereocenters. The third kappa shape index (κ3) is 3.06. The summed E-state index contributed by atoms with van der Waals surface area (Å²) in [4.78, 5) is 14.7. The van der Waals surface area contributed by atoms with Crippen molar-refractivity contribution in [3.05, 3.63) is 70.9 Å². The highest BCUT2D eigenvalue weighted by molar-refractivity contribution is 6.30. The van der Waals surface area contributed by atoms with E-state index in [4.69, 9.17) is 11.6 Å². The van der Waals surface area contributed by atoms with Gasteiger partial charge in [0.2, 0.25) is 0 Å². The molecule has 0 saturated heterocycles. The Morgan fingerprint density at radius 1 is 1.15 bits per heavy atom. The molecule has 0 fully saturated rings. The predicted molar refractivity (Wildman–Crippen MR) is 100 cm³/mol. The van der Waals surface area contributed by atoms with Crippen LogP contribution in [-0.4, -0.2) is 32.2 Å². The predicted octanol–water partition coefficient (Wildman–Crippen LogP) is 4.13. The van der Waals surface area contributed by atoms with Crippen LogP contribution in [0, 0.1) is 0 Å². The van der Waals surface area contributed by atoms with E-state index in [0.29, 0.717) is 23.8 Å². The number of hydrogen-bond donors (Lipinski definition) is 1. The molecule has 0 aliphatic carbocycles. The number of benzene rings is 2. The van der Waals surface area contributed by atoms with Crippen molar-refractivity contribution in [3.8, 4) is 17.0 Å². The minimum Gasteiger partial charge on any atom is -0.508 e. The molecule has 26 heavy (non-hydrogen) atoms. The zero-order chi connectivity index (χ0) is 18.3. The normalized spacial score (nSPS) is 16.6. The van der Waals surface area contributed by atoms with Crippen LogP contribution in [0.1, 0.15) is 29.0 Å². The zero-order valence-corrected chi connectivity index (χ0v) is 15.0. The van der Waals surface area contributed by atoms with Gasteiger partial charge in [-0.1, -0.05) is 35.9 Å². The number of carbonyl (C=O) groups excluding carboxylic acids is 1. The molecule has 1 aliphatic rings. The van der Waals surface area contributed by atoms with E-state index in [1.165, 1.54) is 0 Å². The van der Waals surface area contributed by atoms with Gasteiger partial charge in [0, 0.05) is 23.7 Å². The minimum atomic E-state index is -0.0381. The first-order chi connectivity index (χ1) is 12.5. The number of amides is 1. The molecule has 5 nitrogen and oxygen atoms in total. The van der Waals surface area contributed by atoms with Gasteiger partial charge in [-0.25, -0.2) is 0 Å². The monoisotopic (exact) mass is 367 g/mol. The van der Waals surface area contributed by atoms with Gasteiger partial charge in [-0.05, 0) is 42.8 Å². The lowest BCUT2D eigenvalue weighted by atomic mass is 10.1. The summed E-state index contributed by atoms with van der Waals surface area (Å²) in [6.07, 6.45) is 0. The van der Waals surface area contributed by atoms with Gasteiger partial charge in [-0.15, -0.1) is 0 Å². The Labute approximate surface area is 156 Å². The Kier molecular flexibility index (Phi) is 4.17. The summed E-state index contributed by atoms with van der Waals surface area (Å²) in [5.74, 6) is 0.182. The molecule has 0 radical (unpaired) electrons. The van der Waals surface area contributed by atoms with E-state index in [1.807, 2.05) is 47.4 Å². The highest BCUT2D eigenvalue weighted by atomic mass is 35.5. The number of phenols is 1. The summed E-state index contributed by atoms with van der Waals surface area (Å²) >= 11 is 5.95. The lowest BCUT2D eigenvalue weighted by Gasteiger charge is -2.31. The molecule has 0 unspecified atom stereocenters. The molecule has 6 heteroatoms. The van der Waals surface area contributed by atoms with E-state index in [1.54, 1.807) is 16.8 Å². The van der Waals surface area contributed by atoms with Gasteiger partial charge in [-0.3, -0.25) is 9.48 Å². The van der Waals surface area contributed by atoms with Crippen molar-refractivity contribution in [1.29, 1.82) is 0 Å². The van der Waals surface area contributed by atoms with Crippen molar-refractivity contribution in [1.82, 2.24) is 14.7 Å². The first-order valence-corrected chi connectivity index (χ1v) is 8.82. The van der Waals surface area contributed by atoms with Crippen LogP contribution in [0.3, 0.4) is 0 Å². The van der Waals surface area contributed by atoms with Crippen LogP contribution in [0.25, 0.3) is 11.3 Å². The molecule has 1 N–H and O–H groups in total. The summed E-state index contributed by atoms with van der Waals surface area (Å²) in [5.41, 5.74) is 3.27. The van der Waals surface area contributed by atoms with Crippen LogP contribution in [0.2, 0.25) is 5.02 Å². The van der Waals surface area contributed by atoms with Gasteiger partial charge in [0.05, 0.1) is 11.7 Å². The molecule has 1 aliphatic heterocycles. The van der Waals surface area contributed by atoms with E-state index >= 15 is 0 Å². The molecular weight excluding hydrogens is 350 g/mol. The Bertz CT molecular complexity index is 948. The highest BCUT2D eigenvalue weighted by Crippen LogP contribution is 2.28. The number of hydrogen-bond acceptors (Lipinski definition) is 3. The molecule has 0 spiro atoms. The lowest BCUT2D eigenvalue weighted by Crippen LogP contribution is -2.41. The Morgan fingerprint density at radius 3 is 2.54 bits per heavy atom. The third-order valence-corrected chi connectivity index (χ3v) is 4.85. The molecule has 0 bridgehead atoms. The number of aromatic hydroxyl groups is 1. The van der Waals surface area contributed by atoms with Gasteiger partial charge in [0.1, 0.15) is 11.4 Å².